The van der Waals surface area contributed by atoms with Crippen molar-refractivity contribution in [3.05, 3.63) is 48.0 Å². The van der Waals surface area contributed by atoms with Crippen molar-refractivity contribution in [1.82, 2.24) is 9.97 Å². The number of aliphatic imine (C=N–C) groups is 1. The molecule has 0 radical (unpaired) electrons. The molecule has 3 aromatic rings. The Morgan fingerprint density at radius 3 is 2.62 bits per heavy atom. The number of aromatic nitrogens is 2. The Morgan fingerprint density at radius 2 is 1.88 bits per heavy atom. The molecule has 1 aromatic heterocycles. The molecule has 0 fully saturated rings. The molecule has 6 heteroatoms. The fraction of sp³-hybridized carbons (Fsp3) is 0.300. The average Bonchev–Trinajstić information content (AvgIpc) is 3.05. The Bertz CT molecular complexity index is 871. The summed E-state index contributed by atoms with van der Waals surface area (Å²) >= 11 is 0. The first-order valence-electron chi connectivity index (χ1n) is 8.77. The summed E-state index contributed by atoms with van der Waals surface area (Å²) in [6.45, 7) is 2.97. The fourth-order valence-corrected chi connectivity index (χ4v) is 2.75. The maximum atomic E-state index is 9.40. The number of H-pyrrole nitrogens is 1. The number of phenols is 1. The molecule has 5 nitrogen and oxygen atoms in total. The number of nitrogens with zero attached hydrogens (tertiary/aromatic N) is 2. The number of aromatic amines is 1. The highest BCUT2D eigenvalue weighted by Gasteiger charge is 2.07. The summed E-state index contributed by atoms with van der Waals surface area (Å²) in [5.41, 5.74) is 9.75. The van der Waals surface area contributed by atoms with Gasteiger partial charge in [-0.05, 0) is 48.9 Å². The molecule has 4 N–H and O–H groups in total. The first-order valence-corrected chi connectivity index (χ1v) is 8.77. The van der Waals surface area contributed by atoms with Crippen LogP contribution in [0.4, 0.5) is 0 Å². The van der Waals surface area contributed by atoms with E-state index in [4.69, 9.17) is 5.73 Å². The number of aromatic hydroxyl groups is 1. The van der Waals surface area contributed by atoms with Gasteiger partial charge in [0.25, 0.3) is 0 Å². The van der Waals surface area contributed by atoms with E-state index in [-0.39, 0.29) is 18.2 Å². The van der Waals surface area contributed by atoms with Gasteiger partial charge in [-0.15, -0.1) is 12.4 Å². The van der Waals surface area contributed by atoms with Crippen LogP contribution >= 0.6 is 12.4 Å². The van der Waals surface area contributed by atoms with Crippen molar-refractivity contribution in [1.29, 1.82) is 0 Å². The normalized spacial score (nSPS) is 11.5. The summed E-state index contributed by atoms with van der Waals surface area (Å²) in [4.78, 5) is 12.4. The highest BCUT2D eigenvalue weighted by atomic mass is 35.5. The second-order valence-corrected chi connectivity index (χ2v) is 6.19. The zero-order valence-corrected chi connectivity index (χ0v) is 15.7. The van der Waals surface area contributed by atoms with Crippen molar-refractivity contribution in [2.24, 2.45) is 10.7 Å². The Kier molecular flexibility index (Phi) is 7.04. The molecule has 138 valence electrons. The summed E-state index contributed by atoms with van der Waals surface area (Å²) in [6, 6.07) is 12.9. The molecule has 0 unspecified atom stereocenters. The van der Waals surface area contributed by atoms with Gasteiger partial charge in [0.1, 0.15) is 17.4 Å². The quantitative estimate of drug-likeness (QED) is 0.320. The Morgan fingerprint density at radius 1 is 1.12 bits per heavy atom. The fourth-order valence-electron chi connectivity index (χ4n) is 2.75. The van der Waals surface area contributed by atoms with E-state index in [2.05, 4.69) is 21.9 Å². The number of nitrogens with one attached hydrogen (secondary N) is 1. The van der Waals surface area contributed by atoms with E-state index in [9.17, 15) is 5.11 Å². The van der Waals surface area contributed by atoms with Crippen molar-refractivity contribution in [3.8, 4) is 17.1 Å². The SMILES string of the molecule is CCCCCCN=C(N)c1ccc2nc(-c3ccc(O)cc3)[nH]c2c1.Cl. The van der Waals surface area contributed by atoms with Crippen LogP contribution in [0.5, 0.6) is 5.75 Å². The van der Waals surface area contributed by atoms with Crippen LogP contribution in [0.15, 0.2) is 47.5 Å². The molecule has 3 rings (SSSR count). The van der Waals surface area contributed by atoms with E-state index in [0.29, 0.717) is 5.84 Å². The van der Waals surface area contributed by atoms with Gasteiger partial charge in [-0.3, -0.25) is 4.99 Å². The molecule has 1 heterocycles. The van der Waals surface area contributed by atoms with Crippen molar-refractivity contribution in [2.75, 3.05) is 6.54 Å². The molecule has 26 heavy (non-hydrogen) atoms. The molecule has 0 amide bonds. The predicted molar refractivity (Wildman–Crippen MR) is 110 cm³/mol. The second kappa shape index (κ2) is 9.25. The highest BCUT2D eigenvalue weighted by Crippen LogP contribution is 2.23. The van der Waals surface area contributed by atoms with Crippen LogP contribution in [0, 0.1) is 0 Å². The Labute approximate surface area is 159 Å². The van der Waals surface area contributed by atoms with Gasteiger partial charge >= 0.3 is 0 Å². The number of fused-ring (bicyclic) bond motifs is 1. The van der Waals surface area contributed by atoms with Gasteiger partial charge in [-0.2, -0.15) is 0 Å². The second-order valence-electron chi connectivity index (χ2n) is 6.19. The number of hydrogen-bond donors (Lipinski definition) is 3. The largest absolute Gasteiger partial charge is 0.508 e. The lowest BCUT2D eigenvalue weighted by Gasteiger charge is -2.01. The molecule has 0 saturated carbocycles. The Balaban J connectivity index is 0.00000243. The molecule has 2 aromatic carbocycles. The molecule has 0 atom stereocenters. The van der Waals surface area contributed by atoms with Gasteiger partial charge < -0.3 is 15.8 Å². The monoisotopic (exact) mass is 372 g/mol. The molecule has 0 bridgehead atoms. The predicted octanol–water partition coefficient (Wildman–Crippen LogP) is 4.64. The Hall–Kier alpha value is -2.53. The van der Waals surface area contributed by atoms with Crippen LogP contribution in [0.2, 0.25) is 0 Å². The molecule has 0 aliphatic carbocycles. The van der Waals surface area contributed by atoms with Gasteiger partial charge in [-0.1, -0.05) is 26.2 Å². The zero-order valence-electron chi connectivity index (χ0n) is 14.9. The lowest BCUT2D eigenvalue weighted by Crippen LogP contribution is -2.13. The zero-order chi connectivity index (χ0) is 17.6. The molecular weight excluding hydrogens is 348 g/mol. The first kappa shape index (κ1) is 19.8. The number of rotatable bonds is 7. The van der Waals surface area contributed by atoms with E-state index in [1.54, 1.807) is 12.1 Å². The van der Waals surface area contributed by atoms with Crippen LogP contribution in [-0.2, 0) is 0 Å². The van der Waals surface area contributed by atoms with Crippen molar-refractivity contribution >= 4 is 29.3 Å². The van der Waals surface area contributed by atoms with Crippen molar-refractivity contribution < 1.29 is 5.11 Å². The van der Waals surface area contributed by atoms with Crippen molar-refractivity contribution in [3.63, 3.8) is 0 Å². The molecule has 0 aliphatic heterocycles. The lowest BCUT2D eigenvalue weighted by atomic mass is 10.2. The third-order valence-electron chi connectivity index (χ3n) is 4.21. The third-order valence-corrected chi connectivity index (χ3v) is 4.21. The average molecular weight is 373 g/mol. The minimum Gasteiger partial charge on any atom is -0.508 e. The van der Waals surface area contributed by atoms with Gasteiger partial charge in [0.15, 0.2) is 0 Å². The molecule has 0 saturated heterocycles. The van der Waals surface area contributed by atoms with E-state index in [1.807, 2.05) is 30.3 Å². The number of unbranched alkanes of at least 4 members (excludes halogenated alkanes) is 3. The van der Waals surface area contributed by atoms with E-state index >= 15 is 0 Å². The van der Waals surface area contributed by atoms with Gasteiger partial charge in [0.2, 0.25) is 0 Å². The number of hydrogen-bond acceptors (Lipinski definition) is 3. The number of phenolic OH excluding ortho intramolecular Hbond substituents is 1. The summed E-state index contributed by atoms with van der Waals surface area (Å²) in [5.74, 6) is 1.58. The van der Waals surface area contributed by atoms with Gasteiger partial charge in [-0.25, -0.2) is 4.98 Å². The summed E-state index contributed by atoms with van der Waals surface area (Å²) in [5, 5.41) is 9.40. The van der Waals surface area contributed by atoms with Crippen LogP contribution in [0.3, 0.4) is 0 Å². The number of nitrogens with two attached hydrogens (primary N) is 1. The molecular formula is C20H25ClN4O. The highest BCUT2D eigenvalue weighted by molar-refractivity contribution is 6.00. The summed E-state index contributed by atoms with van der Waals surface area (Å²) in [7, 11) is 0. The van der Waals surface area contributed by atoms with Gasteiger partial charge in [0, 0.05) is 17.7 Å². The summed E-state index contributed by atoms with van der Waals surface area (Å²) in [6.07, 6.45) is 4.74. The minimum atomic E-state index is 0. The van der Waals surface area contributed by atoms with Crippen LogP contribution in [0.1, 0.15) is 38.2 Å². The summed E-state index contributed by atoms with van der Waals surface area (Å²) < 4.78 is 0. The van der Waals surface area contributed by atoms with Crippen LogP contribution in [-0.4, -0.2) is 27.5 Å². The lowest BCUT2D eigenvalue weighted by molar-refractivity contribution is 0.475. The smallest absolute Gasteiger partial charge is 0.138 e. The molecule has 0 spiro atoms. The van der Waals surface area contributed by atoms with Crippen LogP contribution < -0.4 is 5.73 Å². The van der Waals surface area contributed by atoms with Gasteiger partial charge in [0.05, 0.1) is 11.0 Å². The molecule has 0 aliphatic rings. The third kappa shape index (κ3) is 4.76. The number of amidine groups is 1. The number of halogens is 1. The standard InChI is InChI=1S/C20H24N4O.ClH/c1-2-3-4-5-12-22-19(21)15-8-11-17-18(13-15)24-20(23-17)14-6-9-16(25)10-7-14;/h6-11,13,25H,2-5,12H2,1H3,(H2,21,22)(H,23,24);1H. The van der Waals surface area contributed by atoms with E-state index < -0.39 is 0 Å². The first-order chi connectivity index (χ1) is 12.2. The number of benzene rings is 2. The topological polar surface area (TPSA) is 87.3 Å². The van der Waals surface area contributed by atoms with Crippen LogP contribution in [0.25, 0.3) is 22.4 Å². The van der Waals surface area contributed by atoms with E-state index in [1.165, 1.54) is 19.3 Å². The van der Waals surface area contributed by atoms with E-state index in [0.717, 1.165) is 41.0 Å². The number of imidazole rings is 1. The maximum absolute atomic E-state index is 9.40. The minimum absolute atomic E-state index is 0. The van der Waals surface area contributed by atoms with Crippen molar-refractivity contribution in [2.45, 2.75) is 32.6 Å². The maximum Gasteiger partial charge on any atom is 0.138 e.